The van der Waals surface area contributed by atoms with Crippen LogP contribution in [0.15, 0.2) is 168 Å². The van der Waals surface area contributed by atoms with Crippen LogP contribution in [0.25, 0.3) is 75.1 Å². The number of para-hydroxylation sites is 1. The monoisotopic (exact) mass is 699 g/mol. The van der Waals surface area contributed by atoms with Gasteiger partial charge in [0.25, 0.3) is 0 Å². The van der Waals surface area contributed by atoms with Crippen molar-refractivity contribution in [1.82, 2.24) is 0 Å². The van der Waals surface area contributed by atoms with Crippen LogP contribution < -0.4 is 15.3 Å². The van der Waals surface area contributed by atoms with Gasteiger partial charge in [0, 0.05) is 48.0 Å². The number of rotatable bonds is 4. The lowest BCUT2D eigenvalue weighted by atomic mass is 9.97. The van der Waals surface area contributed by atoms with E-state index in [2.05, 4.69) is 176 Å². The average Bonchev–Trinajstić information content (AvgIpc) is 3.82. The first-order chi connectivity index (χ1) is 25.5. The highest BCUT2D eigenvalue weighted by Gasteiger charge is 2.39. The lowest BCUT2D eigenvalue weighted by Crippen LogP contribution is -2.49. The van der Waals surface area contributed by atoms with Crippen LogP contribution in [0, 0.1) is 0 Å². The van der Waals surface area contributed by atoms with Crippen LogP contribution in [0.5, 0.6) is 0 Å². The summed E-state index contributed by atoms with van der Waals surface area (Å²) in [5.74, 6) is 0. The normalized spacial score (nSPS) is 13.3. The topological polar surface area (TPSA) is 16.4 Å². The predicted molar refractivity (Wildman–Crippen MR) is 226 cm³/mol. The first kappa shape index (κ1) is 29.8. The minimum absolute atomic E-state index is 0.902. The molecule has 246 valence electrons. The van der Waals surface area contributed by atoms with Crippen molar-refractivity contribution in [2.45, 2.75) is 13.1 Å². The van der Waals surface area contributed by atoms with Crippen LogP contribution in [-0.4, -0.2) is 8.07 Å². The molecule has 0 spiro atoms. The van der Waals surface area contributed by atoms with Gasteiger partial charge in [0.2, 0.25) is 0 Å². The Labute approximate surface area is 306 Å². The third kappa shape index (κ3) is 4.29. The van der Waals surface area contributed by atoms with Gasteiger partial charge in [-0.05, 0) is 104 Å². The molecule has 0 unspecified atom stereocenters. The van der Waals surface area contributed by atoms with Crippen molar-refractivity contribution >= 4 is 99.7 Å². The van der Waals surface area contributed by atoms with Crippen LogP contribution in [0.2, 0.25) is 13.1 Å². The fraction of sp³-hybridized carbons (Fsp3) is 0.0417. The second-order valence-electron chi connectivity index (χ2n) is 14.5. The minimum atomic E-state index is -2.04. The van der Waals surface area contributed by atoms with E-state index >= 15 is 0 Å². The van der Waals surface area contributed by atoms with E-state index in [0.717, 1.165) is 33.3 Å². The van der Waals surface area contributed by atoms with E-state index in [0.29, 0.717) is 0 Å². The minimum Gasteiger partial charge on any atom is -0.456 e. The van der Waals surface area contributed by atoms with Gasteiger partial charge >= 0.3 is 0 Å². The molecule has 4 heteroatoms. The molecule has 0 amide bonds. The first-order valence-electron chi connectivity index (χ1n) is 17.9. The number of anilines is 3. The Hall–Kier alpha value is -5.94. The zero-order valence-electron chi connectivity index (χ0n) is 28.9. The zero-order valence-corrected chi connectivity index (χ0v) is 30.7. The molecule has 1 aliphatic rings. The van der Waals surface area contributed by atoms with Gasteiger partial charge in [0.1, 0.15) is 19.2 Å². The molecule has 0 saturated carbocycles. The third-order valence-electron chi connectivity index (χ3n) is 11.2. The molecule has 11 rings (SSSR count). The van der Waals surface area contributed by atoms with Gasteiger partial charge in [0.15, 0.2) is 0 Å². The fourth-order valence-electron chi connectivity index (χ4n) is 8.76. The Morgan fingerprint density at radius 2 is 1.19 bits per heavy atom. The summed E-state index contributed by atoms with van der Waals surface area (Å²) in [6, 6.07) is 60.3. The fourth-order valence-corrected chi connectivity index (χ4v) is 12.9. The molecule has 2 nitrogen and oxygen atoms in total. The van der Waals surface area contributed by atoms with E-state index in [9.17, 15) is 0 Å². The van der Waals surface area contributed by atoms with Gasteiger partial charge in [-0.2, -0.15) is 0 Å². The van der Waals surface area contributed by atoms with Gasteiger partial charge in [0.05, 0.1) is 0 Å². The molecular weight excluding hydrogens is 667 g/mol. The molecule has 2 aromatic heterocycles. The Bertz CT molecular complexity index is 3070. The summed E-state index contributed by atoms with van der Waals surface area (Å²) < 4.78 is 9.01. The van der Waals surface area contributed by atoms with Gasteiger partial charge in [-0.15, -0.1) is 11.3 Å². The molecular formula is C48H33NOSSi. The smallest absolute Gasteiger partial charge is 0.135 e. The maximum absolute atomic E-state index is 6.29. The largest absolute Gasteiger partial charge is 0.456 e. The molecule has 0 bridgehead atoms. The third-order valence-corrected chi connectivity index (χ3v) is 15.9. The van der Waals surface area contributed by atoms with Crippen LogP contribution in [-0.2, 0) is 0 Å². The van der Waals surface area contributed by atoms with Gasteiger partial charge < -0.3 is 9.32 Å². The Balaban J connectivity index is 1.14. The lowest BCUT2D eigenvalue weighted by Gasteiger charge is -2.28. The van der Waals surface area contributed by atoms with Crippen molar-refractivity contribution < 1.29 is 4.42 Å². The average molecular weight is 700 g/mol. The van der Waals surface area contributed by atoms with E-state index < -0.39 is 8.07 Å². The van der Waals surface area contributed by atoms with E-state index in [1.807, 2.05) is 17.4 Å². The zero-order chi connectivity index (χ0) is 34.6. The molecule has 8 aromatic carbocycles. The van der Waals surface area contributed by atoms with Crippen LogP contribution in [0.3, 0.4) is 0 Å². The van der Waals surface area contributed by atoms with Crippen molar-refractivity contribution in [2.24, 2.45) is 0 Å². The molecule has 0 atom stereocenters. The number of hydrogen-bond acceptors (Lipinski definition) is 3. The van der Waals surface area contributed by atoms with Crippen LogP contribution in [0.4, 0.5) is 17.1 Å². The molecule has 0 saturated heterocycles. The van der Waals surface area contributed by atoms with Crippen molar-refractivity contribution in [2.75, 3.05) is 4.90 Å². The molecule has 0 N–H and O–H groups in total. The predicted octanol–water partition coefficient (Wildman–Crippen LogP) is 13.0. The van der Waals surface area contributed by atoms with Crippen molar-refractivity contribution in [1.29, 1.82) is 0 Å². The summed E-state index contributed by atoms with van der Waals surface area (Å²) >= 11 is 1.91. The van der Waals surface area contributed by atoms with Crippen molar-refractivity contribution in [3.8, 4) is 22.3 Å². The van der Waals surface area contributed by atoms with E-state index in [4.69, 9.17) is 4.42 Å². The SMILES string of the molecule is C[Si]1(C)c2cc(N(c3cccc(-c4cccc5ccccc45)c3)c3ccc4oc5ccccc5c4c3)ccc2-c2c1ccc1sc3ccccc3c21. The van der Waals surface area contributed by atoms with E-state index in [1.165, 1.54) is 69.3 Å². The molecule has 10 aromatic rings. The number of furan rings is 1. The van der Waals surface area contributed by atoms with Gasteiger partial charge in [-0.25, -0.2) is 0 Å². The highest BCUT2D eigenvalue weighted by atomic mass is 32.1. The van der Waals surface area contributed by atoms with Gasteiger partial charge in [-0.3, -0.25) is 0 Å². The molecule has 0 radical (unpaired) electrons. The summed E-state index contributed by atoms with van der Waals surface area (Å²) in [5, 5.41) is 10.6. The molecule has 0 aliphatic carbocycles. The Morgan fingerprint density at radius 3 is 2.12 bits per heavy atom. The maximum atomic E-state index is 6.29. The van der Waals surface area contributed by atoms with E-state index in [1.54, 1.807) is 0 Å². The van der Waals surface area contributed by atoms with Crippen LogP contribution >= 0.6 is 11.3 Å². The number of fused-ring (bicyclic) bond motifs is 11. The molecule has 1 aliphatic heterocycles. The standard InChI is InChI=1S/C48H33NOSSi/c1-52(2)45-26-25-44-47(38-17-6-8-20-43(38)51-44)48(45)39-23-21-34(29-46(39)52)49(33-22-24-42-40(28-33)37-16-5-7-19-41(37)50-42)32-14-9-13-31(27-32)36-18-10-12-30-11-3-4-15-35(30)36/h3-29H,1-2H3. The maximum Gasteiger partial charge on any atom is 0.135 e. The summed E-state index contributed by atoms with van der Waals surface area (Å²) in [6.45, 7) is 5.05. The lowest BCUT2D eigenvalue weighted by molar-refractivity contribution is 0.669. The summed E-state index contributed by atoms with van der Waals surface area (Å²) in [7, 11) is -2.04. The number of nitrogens with zero attached hydrogens (tertiary/aromatic N) is 1. The van der Waals surface area contributed by atoms with Crippen molar-refractivity contribution in [3.63, 3.8) is 0 Å². The Morgan fingerprint density at radius 1 is 0.481 bits per heavy atom. The number of hydrogen-bond donors (Lipinski definition) is 0. The Kier molecular flexibility index (Phi) is 6.31. The van der Waals surface area contributed by atoms with Gasteiger partial charge in [-0.1, -0.05) is 116 Å². The highest BCUT2D eigenvalue weighted by Crippen LogP contribution is 2.45. The second-order valence-corrected chi connectivity index (χ2v) is 19.9. The molecule has 0 fully saturated rings. The highest BCUT2D eigenvalue weighted by molar-refractivity contribution is 7.26. The van der Waals surface area contributed by atoms with Crippen molar-refractivity contribution in [3.05, 3.63) is 164 Å². The van der Waals surface area contributed by atoms with Crippen LogP contribution in [0.1, 0.15) is 0 Å². The number of benzene rings is 8. The first-order valence-corrected chi connectivity index (χ1v) is 21.7. The number of thiophene rings is 1. The summed E-state index contributed by atoms with van der Waals surface area (Å²) in [6.07, 6.45) is 0. The summed E-state index contributed by atoms with van der Waals surface area (Å²) in [4.78, 5) is 2.44. The quantitative estimate of drug-likeness (QED) is 0.170. The van der Waals surface area contributed by atoms with E-state index in [-0.39, 0.29) is 0 Å². The molecule has 52 heavy (non-hydrogen) atoms. The molecule has 3 heterocycles. The summed E-state index contributed by atoms with van der Waals surface area (Å²) in [5.41, 5.74) is 10.5. The second kappa shape index (κ2) is 11.0.